The lowest BCUT2D eigenvalue weighted by Crippen LogP contribution is -2.49. The van der Waals surface area contributed by atoms with E-state index < -0.39 is 0 Å². The van der Waals surface area contributed by atoms with Crippen LogP contribution in [0.4, 0.5) is 5.69 Å². The van der Waals surface area contributed by atoms with Gasteiger partial charge in [0.25, 0.3) is 5.91 Å². The van der Waals surface area contributed by atoms with Crippen molar-refractivity contribution in [3.05, 3.63) is 96.2 Å². The van der Waals surface area contributed by atoms with Crippen LogP contribution in [0.5, 0.6) is 5.75 Å². The van der Waals surface area contributed by atoms with Crippen LogP contribution in [0.3, 0.4) is 0 Å². The number of carbonyl (C=O) groups is 1. The number of hydrogen-bond donors (Lipinski definition) is 0. The van der Waals surface area contributed by atoms with Crippen molar-refractivity contribution >= 4 is 22.5 Å². The molecule has 0 unspecified atom stereocenters. The average Bonchev–Trinajstić information content (AvgIpc) is 3.38. The van der Waals surface area contributed by atoms with E-state index in [4.69, 9.17) is 4.74 Å². The number of anilines is 1. The molecule has 0 radical (unpaired) electrons. The van der Waals surface area contributed by atoms with Gasteiger partial charge in [0, 0.05) is 55.9 Å². The normalized spacial score (nSPS) is 16.4. The first-order chi connectivity index (χ1) is 19.7. The number of piperazine rings is 1. The molecule has 0 bridgehead atoms. The topological polar surface area (TPSA) is 41.0 Å². The second-order valence-electron chi connectivity index (χ2n) is 11.0. The van der Waals surface area contributed by atoms with Crippen molar-refractivity contribution in [2.24, 2.45) is 0 Å². The van der Waals surface area contributed by atoms with Crippen molar-refractivity contribution in [1.29, 1.82) is 0 Å². The summed E-state index contributed by atoms with van der Waals surface area (Å²) in [6, 6.07) is 29.2. The van der Waals surface area contributed by atoms with Crippen LogP contribution in [0.15, 0.2) is 84.9 Å². The van der Waals surface area contributed by atoms with Gasteiger partial charge in [0.15, 0.2) is 0 Å². The molecular formula is C34H40N4O2. The van der Waals surface area contributed by atoms with E-state index in [2.05, 4.69) is 81.1 Å². The lowest BCUT2D eigenvalue weighted by atomic mass is 10.1. The predicted octanol–water partition coefficient (Wildman–Crippen LogP) is 5.91. The smallest absolute Gasteiger partial charge is 0.270 e. The number of hydrogen-bond acceptors (Lipinski definition) is 4. The molecule has 0 N–H and O–H groups in total. The summed E-state index contributed by atoms with van der Waals surface area (Å²) in [6.07, 6.45) is 5.13. The van der Waals surface area contributed by atoms with E-state index in [1.165, 1.54) is 43.6 Å². The van der Waals surface area contributed by atoms with E-state index in [0.29, 0.717) is 19.6 Å². The Morgan fingerprint density at radius 2 is 1.48 bits per heavy atom. The van der Waals surface area contributed by atoms with Crippen molar-refractivity contribution in [2.75, 3.05) is 57.3 Å². The summed E-state index contributed by atoms with van der Waals surface area (Å²) >= 11 is 0. The number of ether oxygens (including phenoxy) is 1. The maximum Gasteiger partial charge on any atom is 0.270 e. The van der Waals surface area contributed by atoms with Crippen molar-refractivity contribution in [3.8, 4) is 5.75 Å². The minimum absolute atomic E-state index is 0.111. The van der Waals surface area contributed by atoms with E-state index in [9.17, 15) is 4.79 Å². The molecule has 1 aromatic heterocycles. The lowest BCUT2D eigenvalue weighted by molar-refractivity contribution is 0.0737. The number of para-hydroxylation sites is 1. The molecule has 4 aromatic rings. The average molecular weight is 537 g/mol. The summed E-state index contributed by atoms with van der Waals surface area (Å²) in [5.41, 5.74) is 4.24. The third-order valence-corrected chi connectivity index (χ3v) is 8.32. The maximum absolute atomic E-state index is 13.8. The molecule has 3 heterocycles. The zero-order valence-electron chi connectivity index (χ0n) is 23.4. The van der Waals surface area contributed by atoms with Gasteiger partial charge in [0.1, 0.15) is 11.4 Å². The van der Waals surface area contributed by atoms with Crippen LogP contribution in [0.25, 0.3) is 10.9 Å². The Kier molecular flexibility index (Phi) is 8.33. The third kappa shape index (κ3) is 6.18. The fraction of sp³-hybridized carbons (Fsp3) is 0.382. The van der Waals surface area contributed by atoms with Crippen LogP contribution in [-0.4, -0.2) is 72.7 Å². The Bertz CT molecular complexity index is 1380. The maximum atomic E-state index is 13.8. The Morgan fingerprint density at radius 3 is 2.25 bits per heavy atom. The van der Waals surface area contributed by atoms with Gasteiger partial charge in [-0.1, -0.05) is 55.0 Å². The Hall–Kier alpha value is -3.77. The second-order valence-corrected chi connectivity index (χ2v) is 11.0. The SMILES string of the molecule is O=C(c1cc2ccccc2n1Cc1ccccc1)N1CCN(c2ccc(OCCCN3CCCCC3)cc2)CC1. The first-order valence-corrected chi connectivity index (χ1v) is 14.9. The molecule has 0 atom stereocenters. The van der Waals surface area contributed by atoms with Gasteiger partial charge in [-0.25, -0.2) is 0 Å². The first-order valence-electron chi connectivity index (χ1n) is 14.9. The number of nitrogens with zero attached hydrogens (tertiary/aromatic N) is 4. The quantitative estimate of drug-likeness (QED) is 0.250. The Labute approximate surface area is 237 Å². The molecule has 3 aromatic carbocycles. The van der Waals surface area contributed by atoms with E-state index in [-0.39, 0.29) is 5.91 Å². The fourth-order valence-corrected chi connectivity index (χ4v) is 6.07. The molecular weight excluding hydrogens is 496 g/mol. The van der Waals surface area contributed by atoms with Gasteiger partial charge in [0.2, 0.25) is 0 Å². The number of benzene rings is 3. The minimum atomic E-state index is 0.111. The van der Waals surface area contributed by atoms with E-state index in [0.717, 1.165) is 55.0 Å². The molecule has 208 valence electrons. The van der Waals surface area contributed by atoms with E-state index in [1.54, 1.807) is 0 Å². The van der Waals surface area contributed by atoms with Gasteiger partial charge in [-0.15, -0.1) is 0 Å². The van der Waals surface area contributed by atoms with Crippen LogP contribution in [-0.2, 0) is 6.54 Å². The summed E-state index contributed by atoms with van der Waals surface area (Å²) in [4.78, 5) is 20.7. The number of fused-ring (bicyclic) bond motifs is 1. The summed E-state index contributed by atoms with van der Waals surface area (Å²) in [7, 11) is 0. The Morgan fingerprint density at radius 1 is 0.750 bits per heavy atom. The lowest BCUT2D eigenvalue weighted by Gasteiger charge is -2.36. The van der Waals surface area contributed by atoms with Gasteiger partial charge in [-0.3, -0.25) is 4.79 Å². The highest BCUT2D eigenvalue weighted by molar-refractivity contribution is 5.99. The highest BCUT2D eigenvalue weighted by Gasteiger charge is 2.25. The molecule has 0 aliphatic carbocycles. The third-order valence-electron chi connectivity index (χ3n) is 8.32. The predicted molar refractivity (Wildman–Crippen MR) is 162 cm³/mol. The summed E-state index contributed by atoms with van der Waals surface area (Å²) < 4.78 is 8.19. The van der Waals surface area contributed by atoms with Crippen molar-refractivity contribution in [3.63, 3.8) is 0 Å². The van der Waals surface area contributed by atoms with E-state index in [1.807, 2.05) is 23.1 Å². The number of rotatable bonds is 9. The zero-order chi connectivity index (χ0) is 27.1. The van der Waals surface area contributed by atoms with Crippen LogP contribution >= 0.6 is 0 Å². The number of carbonyl (C=O) groups excluding carboxylic acids is 1. The molecule has 2 aliphatic heterocycles. The Balaban J connectivity index is 1.04. The molecule has 40 heavy (non-hydrogen) atoms. The van der Waals surface area contributed by atoms with Gasteiger partial charge < -0.3 is 24.0 Å². The van der Waals surface area contributed by atoms with Gasteiger partial charge >= 0.3 is 0 Å². The summed E-state index contributed by atoms with van der Waals surface area (Å²) in [5.74, 6) is 1.04. The van der Waals surface area contributed by atoms with Gasteiger partial charge in [0.05, 0.1) is 6.61 Å². The van der Waals surface area contributed by atoms with Gasteiger partial charge in [-0.2, -0.15) is 0 Å². The number of likely N-dealkylation sites (tertiary alicyclic amines) is 1. The van der Waals surface area contributed by atoms with Crippen molar-refractivity contribution in [1.82, 2.24) is 14.4 Å². The highest BCUT2D eigenvalue weighted by Crippen LogP contribution is 2.25. The molecule has 2 saturated heterocycles. The van der Waals surface area contributed by atoms with Crippen LogP contribution in [0.1, 0.15) is 41.7 Å². The standard InChI is InChI=1S/C34H40N4O2/c39-34(33-26-29-12-5-6-13-32(29)38(33)27-28-10-3-1-4-11-28)37-23-21-36(22-24-37)30-14-16-31(17-15-30)40-25-9-20-35-18-7-2-8-19-35/h1,3-6,10-17,26H,2,7-9,18-25,27H2. The zero-order valence-corrected chi connectivity index (χ0v) is 23.4. The molecule has 6 heteroatoms. The number of piperidine rings is 1. The van der Waals surface area contributed by atoms with Gasteiger partial charge in [-0.05, 0) is 74.3 Å². The molecule has 6 nitrogen and oxygen atoms in total. The summed E-state index contributed by atoms with van der Waals surface area (Å²) in [6.45, 7) is 8.12. The van der Waals surface area contributed by atoms with Crippen LogP contribution in [0.2, 0.25) is 0 Å². The molecule has 1 amide bonds. The highest BCUT2D eigenvalue weighted by atomic mass is 16.5. The molecule has 2 fully saturated rings. The van der Waals surface area contributed by atoms with Crippen LogP contribution in [0, 0.1) is 0 Å². The molecule has 6 rings (SSSR count). The number of amides is 1. The van der Waals surface area contributed by atoms with Crippen LogP contribution < -0.4 is 9.64 Å². The monoisotopic (exact) mass is 536 g/mol. The van der Waals surface area contributed by atoms with E-state index >= 15 is 0 Å². The summed E-state index contributed by atoms with van der Waals surface area (Å²) in [5, 5.41) is 1.11. The second kappa shape index (κ2) is 12.6. The first kappa shape index (κ1) is 26.5. The van der Waals surface area contributed by atoms with Crippen molar-refractivity contribution in [2.45, 2.75) is 32.2 Å². The number of aromatic nitrogens is 1. The minimum Gasteiger partial charge on any atom is -0.494 e. The largest absolute Gasteiger partial charge is 0.494 e. The molecule has 2 aliphatic rings. The molecule has 0 spiro atoms. The fourth-order valence-electron chi connectivity index (χ4n) is 6.07. The molecule has 0 saturated carbocycles. The van der Waals surface area contributed by atoms with Crippen molar-refractivity contribution < 1.29 is 9.53 Å².